The molecule has 4 nitrogen and oxygen atoms in total. The van der Waals surface area contributed by atoms with Gasteiger partial charge in [0.15, 0.2) is 0 Å². The largest absolute Gasteiger partial charge is 0.334 e. The Morgan fingerprint density at radius 1 is 1.39 bits per heavy atom. The van der Waals surface area contributed by atoms with Crippen LogP contribution in [-0.2, 0) is 13.0 Å². The highest BCUT2D eigenvalue weighted by molar-refractivity contribution is 5.13. The van der Waals surface area contributed by atoms with E-state index in [9.17, 15) is 0 Å². The van der Waals surface area contributed by atoms with E-state index < -0.39 is 0 Å². The summed E-state index contributed by atoms with van der Waals surface area (Å²) in [6.07, 6.45) is 9.66. The van der Waals surface area contributed by atoms with Crippen molar-refractivity contribution >= 4 is 0 Å². The fourth-order valence-corrected chi connectivity index (χ4v) is 2.14. The first kappa shape index (κ1) is 12.8. The summed E-state index contributed by atoms with van der Waals surface area (Å²) in [4.78, 5) is 8.64. The van der Waals surface area contributed by atoms with Gasteiger partial charge in [0, 0.05) is 31.3 Å². The highest BCUT2D eigenvalue weighted by Crippen LogP contribution is 2.16. The van der Waals surface area contributed by atoms with Gasteiger partial charge in [0.25, 0.3) is 0 Å². The molecule has 2 aromatic rings. The average Bonchev–Trinajstić information content (AvgIpc) is 2.86. The van der Waals surface area contributed by atoms with Gasteiger partial charge >= 0.3 is 0 Å². The second-order valence-electron chi connectivity index (χ2n) is 4.39. The maximum atomic E-state index is 4.48. The average molecular weight is 244 g/mol. The van der Waals surface area contributed by atoms with Gasteiger partial charge < -0.3 is 9.88 Å². The summed E-state index contributed by atoms with van der Waals surface area (Å²) < 4.78 is 2.22. The van der Waals surface area contributed by atoms with Gasteiger partial charge in [0.1, 0.15) is 5.82 Å². The quantitative estimate of drug-likeness (QED) is 0.847. The number of hydrogen-bond donors (Lipinski definition) is 1. The molecule has 0 aliphatic heterocycles. The van der Waals surface area contributed by atoms with Crippen LogP contribution in [0.15, 0.2) is 36.9 Å². The van der Waals surface area contributed by atoms with Crippen molar-refractivity contribution in [3.8, 4) is 0 Å². The summed E-state index contributed by atoms with van der Waals surface area (Å²) in [5.74, 6) is 1.10. The third-order valence-corrected chi connectivity index (χ3v) is 3.03. The van der Waals surface area contributed by atoms with Gasteiger partial charge in [-0.3, -0.25) is 4.98 Å². The molecule has 0 bridgehead atoms. The van der Waals surface area contributed by atoms with E-state index in [0.29, 0.717) is 0 Å². The van der Waals surface area contributed by atoms with Crippen LogP contribution in [0.1, 0.15) is 30.8 Å². The Morgan fingerprint density at radius 2 is 2.28 bits per heavy atom. The molecule has 0 aliphatic carbocycles. The molecule has 0 saturated heterocycles. The standard InChI is InChI=1S/C14H20N4/c1-3-8-18-9-7-17-14(18)13(15-2)10-12-5-4-6-16-11-12/h4-7,9,11,13,15H,3,8,10H2,1-2H3. The molecule has 96 valence electrons. The summed E-state index contributed by atoms with van der Waals surface area (Å²) in [5, 5.41) is 3.34. The molecule has 0 aromatic carbocycles. The molecule has 0 spiro atoms. The minimum atomic E-state index is 0.232. The number of aromatic nitrogens is 3. The van der Waals surface area contributed by atoms with Crippen LogP contribution >= 0.6 is 0 Å². The maximum absolute atomic E-state index is 4.48. The Bertz CT molecular complexity index is 464. The highest BCUT2D eigenvalue weighted by Gasteiger charge is 2.15. The lowest BCUT2D eigenvalue weighted by molar-refractivity contribution is 0.512. The number of hydrogen-bond acceptors (Lipinski definition) is 3. The van der Waals surface area contributed by atoms with Crippen molar-refractivity contribution in [3.05, 3.63) is 48.3 Å². The van der Waals surface area contributed by atoms with Crippen molar-refractivity contribution in [3.63, 3.8) is 0 Å². The van der Waals surface area contributed by atoms with Crippen LogP contribution in [0.4, 0.5) is 0 Å². The van der Waals surface area contributed by atoms with Crippen LogP contribution in [0.25, 0.3) is 0 Å². The molecule has 2 rings (SSSR count). The molecule has 18 heavy (non-hydrogen) atoms. The second-order valence-corrected chi connectivity index (χ2v) is 4.39. The molecule has 0 saturated carbocycles. The fraction of sp³-hybridized carbons (Fsp3) is 0.429. The molecular formula is C14H20N4. The minimum Gasteiger partial charge on any atom is -0.334 e. The SMILES string of the molecule is CCCn1ccnc1C(Cc1cccnc1)NC. The normalized spacial score (nSPS) is 12.6. The smallest absolute Gasteiger partial charge is 0.126 e. The Morgan fingerprint density at radius 3 is 2.94 bits per heavy atom. The Labute approximate surface area is 108 Å². The number of likely N-dealkylation sites (N-methyl/N-ethyl adjacent to an activating group) is 1. The summed E-state index contributed by atoms with van der Waals surface area (Å²) in [5.41, 5.74) is 1.22. The zero-order valence-electron chi connectivity index (χ0n) is 11.0. The van der Waals surface area contributed by atoms with Gasteiger partial charge in [-0.1, -0.05) is 13.0 Å². The van der Waals surface area contributed by atoms with Crippen molar-refractivity contribution in [1.29, 1.82) is 0 Å². The topological polar surface area (TPSA) is 42.7 Å². The molecule has 2 heterocycles. The molecular weight excluding hydrogens is 224 g/mol. The predicted molar refractivity (Wildman–Crippen MR) is 72.3 cm³/mol. The van der Waals surface area contributed by atoms with Crippen LogP contribution in [0.5, 0.6) is 0 Å². The predicted octanol–water partition coefficient (Wildman–Crippen LogP) is 2.19. The molecule has 0 aliphatic rings. The van der Waals surface area contributed by atoms with Gasteiger partial charge in [-0.05, 0) is 31.5 Å². The van der Waals surface area contributed by atoms with Crippen molar-refractivity contribution in [2.75, 3.05) is 7.05 Å². The summed E-state index contributed by atoms with van der Waals surface area (Å²) in [6.45, 7) is 3.19. The first-order valence-corrected chi connectivity index (χ1v) is 6.42. The van der Waals surface area contributed by atoms with E-state index in [1.807, 2.05) is 31.7 Å². The number of aryl methyl sites for hydroxylation is 1. The van der Waals surface area contributed by atoms with Gasteiger partial charge in [0.2, 0.25) is 0 Å². The Balaban J connectivity index is 2.15. The van der Waals surface area contributed by atoms with Crippen LogP contribution in [0, 0.1) is 0 Å². The number of rotatable bonds is 6. The van der Waals surface area contributed by atoms with Crippen LogP contribution in [-0.4, -0.2) is 21.6 Å². The van der Waals surface area contributed by atoms with Gasteiger partial charge in [-0.2, -0.15) is 0 Å². The van der Waals surface area contributed by atoms with Crippen molar-refractivity contribution in [2.45, 2.75) is 32.4 Å². The highest BCUT2D eigenvalue weighted by atomic mass is 15.1. The van der Waals surface area contributed by atoms with Crippen molar-refractivity contribution < 1.29 is 0 Å². The molecule has 1 atom stereocenters. The number of nitrogens with one attached hydrogen (secondary N) is 1. The Hall–Kier alpha value is -1.68. The third kappa shape index (κ3) is 2.96. The molecule has 1 N–H and O–H groups in total. The minimum absolute atomic E-state index is 0.232. The lowest BCUT2D eigenvalue weighted by Crippen LogP contribution is -2.23. The number of nitrogens with zero attached hydrogens (tertiary/aromatic N) is 3. The van der Waals surface area contributed by atoms with E-state index in [4.69, 9.17) is 0 Å². The van der Waals surface area contributed by atoms with E-state index in [2.05, 4.69) is 32.8 Å². The fourth-order valence-electron chi connectivity index (χ4n) is 2.14. The second kappa shape index (κ2) is 6.31. The molecule has 0 radical (unpaired) electrons. The monoisotopic (exact) mass is 244 g/mol. The molecule has 0 fully saturated rings. The van der Waals surface area contributed by atoms with E-state index in [1.54, 1.807) is 6.20 Å². The number of imidazole rings is 1. The van der Waals surface area contributed by atoms with Gasteiger partial charge in [0.05, 0.1) is 6.04 Å². The zero-order chi connectivity index (χ0) is 12.8. The first-order valence-electron chi connectivity index (χ1n) is 6.42. The van der Waals surface area contributed by atoms with Crippen LogP contribution in [0.3, 0.4) is 0 Å². The van der Waals surface area contributed by atoms with E-state index in [-0.39, 0.29) is 6.04 Å². The van der Waals surface area contributed by atoms with Gasteiger partial charge in [-0.25, -0.2) is 4.98 Å². The van der Waals surface area contributed by atoms with Crippen LogP contribution < -0.4 is 5.32 Å². The molecule has 1 unspecified atom stereocenters. The third-order valence-electron chi connectivity index (χ3n) is 3.03. The zero-order valence-corrected chi connectivity index (χ0v) is 11.0. The summed E-state index contributed by atoms with van der Waals surface area (Å²) in [7, 11) is 1.98. The van der Waals surface area contributed by atoms with E-state index >= 15 is 0 Å². The molecule has 0 amide bonds. The lowest BCUT2D eigenvalue weighted by Gasteiger charge is -2.17. The first-order chi connectivity index (χ1) is 8.85. The lowest BCUT2D eigenvalue weighted by atomic mass is 10.1. The molecule has 2 aromatic heterocycles. The summed E-state index contributed by atoms with van der Waals surface area (Å²) >= 11 is 0. The van der Waals surface area contributed by atoms with E-state index in [1.165, 1.54) is 5.56 Å². The number of pyridine rings is 1. The van der Waals surface area contributed by atoms with Crippen LogP contribution in [0.2, 0.25) is 0 Å². The van der Waals surface area contributed by atoms with Crippen molar-refractivity contribution in [1.82, 2.24) is 19.9 Å². The van der Waals surface area contributed by atoms with Crippen molar-refractivity contribution in [2.24, 2.45) is 0 Å². The van der Waals surface area contributed by atoms with Gasteiger partial charge in [-0.15, -0.1) is 0 Å². The summed E-state index contributed by atoms with van der Waals surface area (Å²) in [6, 6.07) is 4.31. The molecule has 4 heteroatoms. The Kier molecular flexibility index (Phi) is 4.47. The maximum Gasteiger partial charge on any atom is 0.126 e. The van der Waals surface area contributed by atoms with E-state index in [0.717, 1.165) is 25.2 Å².